The molecule has 2 heterocycles. The zero-order valence-corrected chi connectivity index (χ0v) is 9.21. The number of ketones is 2. The number of aromatic hydroxyl groups is 3. The number of hydrogen-bond acceptors (Lipinski definition) is 7. The molecule has 19 heavy (non-hydrogen) atoms. The molecule has 0 aliphatic heterocycles. The minimum Gasteiger partial charge on any atom is -0.504 e. The summed E-state index contributed by atoms with van der Waals surface area (Å²) in [5, 5.41) is 28.5. The van der Waals surface area contributed by atoms with Gasteiger partial charge in [0.2, 0.25) is 11.6 Å². The van der Waals surface area contributed by atoms with Crippen molar-refractivity contribution in [2.24, 2.45) is 0 Å². The van der Waals surface area contributed by atoms with E-state index in [0.717, 1.165) is 18.2 Å². The third-order valence-corrected chi connectivity index (χ3v) is 2.66. The summed E-state index contributed by atoms with van der Waals surface area (Å²) in [5.74, 6) is -3.46. The fourth-order valence-corrected chi connectivity index (χ4v) is 1.86. The van der Waals surface area contributed by atoms with E-state index < -0.39 is 29.2 Å². The highest BCUT2D eigenvalue weighted by atomic mass is 16.5. The topological polar surface area (TPSA) is 121 Å². The molecule has 0 saturated heterocycles. The molecule has 0 radical (unpaired) electrons. The molecule has 0 aromatic carbocycles. The lowest BCUT2D eigenvalue weighted by Crippen LogP contribution is -2.31. The highest BCUT2D eigenvalue weighted by molar-refractivity contribution is 6.57. The number of rotatable bonds is 1. The molecule has 0 unspecified atom stereocenters. The van der Waals surface area contributed by atoms with E-state index in [4.69, 9.17) is 13.9 Å². The molecule has 96 valence electrons. The van der Waals surface area contributed by atoms with Gasteiger partial charge < -0.3 is 24.2 Å². The van der Waals surface area contributed by atoms with Gasteiger partial charge in [0.1, 0.15) is 11.0 Å². The maximum atomic E-state index is 11.3. The molecule has 3 rings (SSSR count). The maximum absolute atomic E-state index is 11.3. The second kappa shape index (κ2) is 3.52. The van der Waals surface area contributed by atoms with Crippen molar-refractivity contribution >= 4 is 23.7 Å². The van der Waals surface area contributed by atoms with E-state index in [-0.39, 0.29) is 22.0 Å². The van der Waals surface area contributed by atoms with Crippen LogP contribution < -0.4 is 10.6 Å². The fourth-order valence-electron chi connectivity index (χ4n) is 1.86. The van der Waals surface area contributed by atoms with Crippen molar-refractivity contribution in [2.45, 2.75) is 0 Å². The third kappa shape index (κ3) is 1.52. The van der Waals surface area contributed by atoms with Crippen LogP contribution in [-0.4, -0.2) is 26.9 Å². The molecule has 7 nitrogen and oxygen atoms in total. The van der Waals surface area contributed by atoms with Gasteiger partial charge in [0.05, 0.1) is 6.07 Å². The van der Waals surface area contributed by atoms with Crippen molar-refractivity contribution in [3.05, 3.63) is 16.7 Å². The van der Waals surface area contributed by atoms with Gasteiger partial charge in [-0.3, -0.25) is 9.59 Å². The van der Waals surface area contributed by atoms with Gasteiger partial charge in [-0.2, -0.15) is 0 Å². The van der Waals surface area contributed by atoms with Crippen molar-refractivity contribution in [3.63, 3.8) is 0 Å². The van der Waals surface area contributed by atoms with Crippen molar-refractivity contribution in [3.8, 4) is 29.0 Å². The van der Waals surface area contributed by atoms with Gasteiger partial charge >= 0.3 is 0 Å². The van der Waals surface area contributed by atoms with Crippen molar-refractivity contribution in [2.75, 3.05) is 0 Å². The summed E-state index contributed by atoms with van der Waals surface area (Å²) in [6.45, 7) is 0. The Balaban J connectivity index is 2.40. The fraction of sp³-hybridized carbons (Fsp3) is 0. The second-order valence-electron chi connectivity index (χ2n) is 3.88. The predicted molar refractivity (Wildman–Crippen MR) is 59.6 cm³/mol. The summed E-state index contributed by atoms with van der Waals surface area (Å²) < 4.78 is 9.74. The first-order chi connectivity index (χ1) is 8.97. The third-order valence-electron chi connectivity index (χ3n) is 2.66. The molecule has 2 aromatic heterocycles. The van der Waals surface area contributed by atoms with Crippen molar-refractivity contribution in [1.82, 2.24) is 0 Å². The maximum Gasteiger partial charge on any atom is 0.294 e. The van der Waals surface area contributed by atoms with E-state index >= 15 is 0 Å². The van der Waals surface area contributed by atoms with Crippen LogP contribution in [-0.2, 0) is 9.59 Å². The van der Waals surface area contributed by atoms with Crippen LogP contribution in [0, 0.1) is 0 Å². The SMILES string of the molecule is O=C1C=c2oc(O)c(-c3oc(O)cc3O)c2=CC1=O. The summed E-state index contributed by atoms with van der Waals surface area (Å²) in [4.78, 5) is 22.5. The highest BCUT2D eigenvalue weighted by Crippen LogP contribution is 2.37. The largest absolute Gasteiger partial charge is 0.504 e. The second-order valence-corrected chi connectivity index (χ2v) is 3.88. The highest BCUT2D eigenvalue weighted by Gasteiger charge is 2.25. The Morgan fingerprint density at radius 2 is 1.63 bits per heavy atom. The first-order valence-corrected chi connectivity index (χ1v) is 5.13. The molecule has 0 spiro atoms. The molecule has 1 aliphatic carbocycles. The predicted octanol–water partition coefficient (Wildman–Crippen LogP) is -0.631. The standard InChI is InChI=1S/C12H6O7/c13-5-1-4-8(2-6(5)14)18-12(17)10(4)11-7(15)3-9(16)19-11/h1-3,15-17H. The lowest BCUT2D eigenvalue weighted by molar-refractivity contribution is -0.129. The molecule has 0 atom stereocenters. The Morgan fingerprint density at radius 1 is 0.947 bits per heavy atom. The van der Waals surface area contributed by atoms with Gasteiger partial charge in [0.15, 0.2) is 11.5 Å². The van der Waals surface area contributed by atoms with E-state index in [1.807, 2.05) is 0 Å². The molecule has 1 aliphatic rings. The van der Waals surface area contributed by atoms with Crippen LogP contribution >= 0.6 is 0 Å². The number of fused-ring (bicyclic) bond motifs is 1. The Bertz CT molecular complexity index is 834. The van der Waals surface area contributed by atoms with Crippen LogP contribution in [0.2, 0.25) is 0 Å². The minimum atomic E-state index is -0.787. The summed E-state index contributed by atoms with van der Waals surface area (Å²) >= 11 is 0. The lowest BCUT2D eigenvalue weighted by Gasteiger charge is -1.95. The molecule has 0 fully saturated rings. The van der Waals surface area contributed by atoms with Crippen LogP contribution in [0.1, 0.15) is 0 Å². The van der Waals surface area contributed by atoms with E-state index in [0.29, 0.717) is 0 Å². The van der Waals surface area contributed by atoms with Gasteiger partial charge in [-0.15, -0.1) is 0 Å². The van der Waals surface area contributed by atoms with Crippen LogP contribution in [0.15, 0.2) is 14.9 Å². The summed E-state index contributed by atoms with van der Waals surface area (Å²) in [6, 6.07) is 0.924. The lowest BCUT2D eigenvalue weighted by atomic mass is 10.1. The Morgan fingerprint density at radius 3 is 2.26 bits per heavy atom. The Kier molecular flexibility index (Phi) is 2.06. The molecule has 0 saturated carbocycles. The Labute approximate surface area is 104 Å². The monoisotopic (exact) mass is 262 g/mol. The molecule has 0 amide bonds. The molecule has 0 bridgehead atoms. The quantitative estimate of drug-likeness (QED) is 0.585. The molecular formula is C12H6O7. The van der Waals surface area contributed by atoms with Gasteiger partial charge in [-0.05, 0) is 0 Å². The number of hydrogen-bond donors (Lipinski definition) is 3. The molecule has 3 N–H and O–H groups in total. The average molecular weight is 262 g/mol. The molecule has 2 aromatic rings. The van der Waals surface area contributed by atoms with Gasteiger partial charge in [0.25, 0.3) is 11.9 Å². The molecule has 7 heteroatoms. The van der Waals surface area contributed by atoms with Crippen molar-refractivity contribution < 1.29 is 33.7 Å². The number of furan rings is 2. The number of carbonyl (C=O) groups excluding carboxylic acids is 2. The van der Waals surface area contributed by atoms with Gasteiger partial charge in [0, 0.05) is 17.4 Å². The van der Waals surface area contributed by atoms with Gasteiger partial charge in [-0.1, -0.05) is 0 Å². The summed E-state index contributed by atoms with van der Waals surface area (Å²) in [6.07, 6.45) is 1.90. The van der Waals surface area contributed by atoms with E-state index in [1.165, 1.54) is 0 Å². The van der Waals surface area contributed by atoms with E-state index in [9.17, 15) is 19.8 Å². The first kappa shape index (κ1) is 11.1. The zero-order chi connectivity index (χ0) is 13.7. The zero-order valence-electron chi connectivity index (χ0n) is 9.21. The van der Waals surface area contributed by atoms with Crippen molar-refractivity contribution in [1.29, 1.82) is 0 Å². The van der Waals surface area contributed by atoms with Crippen LogP contribution in [0.3, 0.4) is 0 Å². The van der Waals surface area contributed by atoms with E-state index in [1.54, 1.807) is 0 Å². The van der Waals surface area contributed by atoms with Crippen LogP contribution in [0.4, 0.5) is 0 Å². The summed E-state index contributed by atoms with van der Waals surface area (Å²) in [7, 11) is 0. The first-order valence-electron chi connectivity index (χ1n) is 5.13. The van der Waals surface area contributed by atoms with Crippen LogP contribution in [0.25, 0.3) is 23.5 Å². The average Bonchev–Trinajstić information content (AvgIpc) is 2.79. The minimum absolute atomic E-state index is 0.0209. The normalized spacial score (nSPS) is 13.9. The number of carbonyl (C=O) groups is 2. The smallest absolute Gasteiger partial charge is 0.294 e. The van der Waals surface area contributed by atoms with Crippen LogP contribution in [0.5, 0.6) is 17.6 Å². The molecular weight excluding hydrogens is 256 g/mol. The number of Topliss-reactive ketones (excluding diaryl/α,β-unsaturated/α-hetero) is 2. The Hall–Kier alpha value is -2.96. The summed E-state index contributed by atoms with van der Waals surface area (Å²) in [5.41, 5.74) is -0.128. The van der Waals surface area contributed by atoms with Gasteiger partial charge in [-0.25, -0.2) is 0 Å². The van der Waals surface area contributed by atoms with E-state index in [2.05, 4.69) is 0 Å².